The fourth-order valence-electron chi connectivity index (χ4n) is 1.81. The fraction of sp³-hybridized carbons (Fsp3) is 0.909. The summed E-state index contributed by atoms with van der Waals surface area (Å²) in [6.07, 6.45) is 2.82. The molecule has 1 rings (SSSR count). The molecular weight excluding hydrogens is 276 g/mol. The van der Waals surface area contributed by atoms with Crippen LogP contribution in [0, 0.1) is 0 Å². The first-order valence-corrected chi connectivity index (χ1v) is 8.01. The monoisotopic (exact) mass is 298 g/mol. The van der Waals surface area contributed by atoms with E-state index in [0.717, 1.165) is 31.0 Å². The molecule has 0 aromatic carbocycles. The first kappa shape index (κ1) is 17.4. The van der Waals surface area contributed by atoms with Crippen molar-refractivity contribution >= 4 is 41.8 Å². The Morgan fingerprint density at radius 3 is 2.76 bits per heavy atom. The minimum Gasteiger partial charge on any atom is -0.339 e. The average Bonchev–Trinajstić information content (AvgIpc) is 2.23. The molecule has 0 saturated carbocycles. The van der Waals surface area contributed by atoms with Crippen molar-refractivity contribution in [2.45, 2.75) is 31.1 Å². The predicted octanol–water partition coefficient (Wildman–Crippen LogP) is 1.84. The van der Waals surface area contributed by atoms with E-state index in [1.807, 2.05) is 22.9 Å². The summed E-state index contributed by atoms with van der Waals surface area (Å²) < 4.78 is 0.174. The first-order valence-electron chi connectivity index (χ1n) is 5.63. The summed E-state index contributed by atoms with van der Waals surface area (Å²) in [6, 6.07) is -0.314. The van der Waals surface area contributed by atoms with E-state index in [0.29, 0.717) is 0 Å². The van der Waals surface area contributed by atoms with Crippen LogP contribution in [0.15, 0.2) is 0 Å². The van der Waals surface area contributed by atoms with Crippen molar-refractivity contribution in [3.63, 3.8) is 0 Å². The molecule has 0 radical (unpaired) electrons. The number of carbonyl (C=O) groups excluding carboxylic acids is 1. The number of halogens is 1. The molecule has 17 heavy (non-hydrogen) atoms. The maximum Gasteiger partial charge on any atom is 0.239 e. The molecule has 0 bridgehead atoms. The van der Waals surface area contributed by atoms with Gasteiger partial charge in [-0.25, -0.2) is 0 Å². The summed E-state index contributed by atoms with van der Waals surface area (Å²) in [7, 11) is 0. The van der Waals surface area contributed by atoms with E-state index < -0.39 is 0 Å². The van der Waals surface area contributed by atoms with Crippen molar-refractivity contribution in [3.8, 4) is 0 Å². The number of hydrogen-bond acceptors (Lipinski definition) is 4. The molecule has 1 saturated heterocycles. The van der Waals surface area contributed by atoms with Gasteiger partial charge >= 0.3 is 0 Å². The Morgan fingerprint density at radius 1 is 1.59 bits per heavy atom. The molecule has 3 nitrogen and oxygen atoms in total. The Morgan fingerprint density at radius 2 is 2.24 bits per heavy atom. The van der Waals surface area contributed by atoms with E-state index in [1.54, 1.807) is 11.8 Å². The fourth-order valence-corrected chi connectivity index (χ4v) is 3.41. The predicted molar refractivity (Wildman–Crippen MR) is 81.3 cm³/mol. The number of thioether (sulfide) groups is 2. The highest BCUT2D eigenvalue weighted by Crippen LogP contribution is 2.29. The highest BCUT2D eigenvalue weighted by Gasteiger charge is 2.31. The molecule has 0 aromatic heterocycles. The Kier molecular flexibility index (Phi) is 7.96. The average molecular weight is 299 g/mol. The zero-order valence-electron chi connectivity index (χ0n) is 10.8. The van der Waals surface area contributed by atoms with Crippen molar-refractivity contribution in [2.75, 3.05) is 30.9 Å². The molecule has 0 aromatic rings. The third kappa shape index (κ3) is 5.73. The maximum absolute atomic E-state index is 12.1. The van der Waals surface area contributed by atoms with Gasteiger partial charge in [0.1, 0.15) is 0 Å². The Hall–Kier alpha value is 0.420. The van der Waals surface area contributed by atoms with Gasteiger partial charge < -0.3 is 10.6 Å². The van der Waals surface area contributed by atoms with Crippen LogP contribution in [0.25, 0.3) is 0 Å². The molecule has 1 amide bonds. The van der Waals surface area contributed by atoms with Gasteiger partial charge in [0.2, 0.25) is 5.91 Å². The van der Waals surface area contributed by atoms with Gasteiger partial charge in [0.15, 0.2) is 0 Å². The van der Waals surface area contributed by atoms with Crippen LogP contribution in [0.5, 0.6) is 0 Å². The van der Waals surface area contributed by atoms with E-state index in [4.69, 9.17) is 5.73 Å². The SMILES string of the molecule is CSCC[C@H](N)C(=O)N1CCSC(C)(C)C1.Cl. The van der Waals surface area contributed by atoms with E-state index in [1.165, 1.54) is 0 Å². The number of hydrogen-bond donors (Lipinski definition) is 1. The molecule has 0 aliphatic carbocycles. The topological polar surface area (TPSA) is 46.3 Å². The summed E-state index contributed by atoms with van der Waals surface area (Å²) >= 11 is 3.67. The van der Waals surface area contributed by atoms with E-state index in [-0.39, 0.29) is 29.1 Å². The summed E-state index contributed by atoms with van der Waals surface area (Å²) in [5.41, 5.74) is 5.91. The van der Waals surface area contributed by atoms with E-state index >= 15 is 0 Å². The van der Waals surface area contributed by atoms with Gasteiger partial charge in [-0.05, 0) is 32.3 Å². The number of rotatable bonds is 4. The van der Waals surface area contributed by atoms with E-state index in [2.05, 4.69) is 13.8 Å². The normalized spacial score (nSPS) is 20.6. The molecule has 102 valence electrons. The van der Waals surface area contributed by atoms with Crippen LogP contribution in [0.1, 0.15) is 20.3 Å². The third-order valence-electron chi connectivity index (χ3n) is 2.69. The number of carbonyl (C=O) groups is 1. The maximum atomic E-state index is 12.1. The van der Waals surface area contributed by atoms with E-state index in [9.17, 15) is 4.79 Å². The van der Waals surface area contributed by atoms with Gasteiger partial charge in [0, 0.05) is 23.6 Å². The number of nitrogens with two attached hydrogens (primary N) is 1. The first-order chi connectivity index (χ1) is 7.46. The lowest BCUT2D eigenvalue weighted by Crippen LogP contribution is -2.51. The van der Waals surface area contributed by atoms with Gasteiger partial charge in [-0.3, -0.25) is 4.79 Å². The number of amides is 1. The Labute approximate surface area is 119 Å². The Balaban J connectivity index is 0.00000256. The molecule has 1 aliphatic rings. The number of nitrogens with zero attached hydrogens (tertiary/aromatic N) is 1. The van der Waals surface area contributed by atoms with Crippen molar-refractivity contribution in [1.82, 2.24) is 4.90 Å². The summed E-state index contributed by atoms with van der Waals surface area (Å²) in [6.45, 7) is 6.04. The summed E-state index contributed by atoms with van der Waals surface area (Å²) in [4.78, 5) is 14.0. The minimum atomic E-state index is -0.314. The molecule has 1 aliphatic heterocycles. The molecule has 1 atom stereocenters. The second kappa shape index (κ2) is 7.77. The lowest BCUT2D eigenvalue weighted by molar-refractivity contribution is -0.132. The lowest BCUT2D eigenvalue weighted by atomic mass is 10.1. The van der Waals surface area contributed by atoms with Crippen molar-refractivity contribution in [1.29, 1.82) is 0 Å². The van der Waals surface area contributed by atoms with Crippen LogP contribution in [-0.2, 0) is 4.79 Å². The van der Waals surface area contributed by atoms with Gasteiger partial charge in [0.05, 0.1) is 6.04 Å². The lowest BCUT2D eigenvalue weighted by Gasteiger charge is -2.38. The zero-order chi connectivity index (χ0) is 12.2. The van der Waals surface area contributed by atoms with Crippen LogP contribution in [0.4, 0.5) is 0 Å². The van der Waals surface area contributed by atoms with Crippen molar-refractivity contribution in [2.24, 2.45) is 5.73 Å². The second-order valence-corrected chi connectivity index (χ2v) is 7.54. The molecule has 0 unspecified atom stereocenters. The quantitative estimate of drug-likeness (QED) is 0.860. The molecule has 1 heterocycles. The zero-order valence-corrected chi connectivity index (χ0v) is 13.2. The molecule has 0 spiro atoms. The van der Waals surface area contributed by atoms with Crippen LogP contribution in [-0.4, -0.2) is 52.4 Å². The minimum absolute atomic E-state index is 0. The molecule has 2 N–H and O–H groups in total. The largest absolute Gasteiger partial charge is 0.339 e. The molecular formula is C11H23ClN2OS2. The smallest absolute Gasteiger partial charge is 0.239 e. The van der Waals surface area contributed by atoms with Gasteiger partial charge in [0.25, 0.3) is 0 Å². The summed E-state index contributed by atoms with van der Waals surface area (Å²) in [5, 5.41) is 0. The molecule has 6 heteroatoms. The van der Waals surface area contributed by atoms with Gasteiger partial charge in [-0.1, -0.05) is 0 Å². The van der Waals surface area contributed by atoms with Crippen molar-refractivity contribution < 1.29 is 4.79 Å². The van der Waals surface area contributed by atoms with Crippen LogP contribution >= 0.6 is 35.9 Å². The van der Waals surface area contributed by atoms with Crippen LogP contribution < -0.4 is 5.73 Å². The van der Waals surface area contributed by atoms with Gasteiger partial charge in [-0.2, -0.15) is 23.5 Å². The van der Waals surface area contributed by atoms with Gasteiger partial charge in [-0.15, -0.1) is 12.4 Å². The van der Waals surface area contributed by atoms with Crippen LogP contribution in [0.2, 0.25) is 0 Å². The standard InChI is InChI=1S/C11H22N2OS2.ClH/c1-11(2)8-13(5-7-16-11)10(14)9(12)4-6-15-3;/h9H,4-8,12H2,1-3H3;1H/t9-;/m0./s1. The highest BCUT2D eigenvalue weighted by atomic mass is 35.5. The second-order valence-electron chi connectivity index (χ2n) is 4.76. The molecule has 1 fully saturated rings. The third-order valence-corrected chi connectivity index (χ3v) is 4.63. The van der Waals surface area contributed by atoms with Crippen LogP contribution in [0.3, 0.4) is 0 Å². The summed E-state index contributed by atoms with van der Waals surface area (Å²) in [5.74, 6) is 2.11. The Bertz CT molecular complexity index is 252. The van der Waals surface area contributed by atoms with Crippen molar-refractivity contribution in [3.05, 3.63) is 0 Å². The highest BCUT2D eigenvalue weighted by molar-refractivity contribution is 8.00.